The van der Waals surface area contributed by atoms with E-state index in [-0.39, 0.29) is 6.09 Å². The number of amides is 1. The molecule has 0 aliphatic carbocycles. The number of ether oxygens (including phenoxy) is 3. The molecule has 0 aromatic heterocycles. The van der Waals surface area contributed by atoms with Crippen LogP contribution >= 0.6 is 0 Å². The van der Waals surface area contributed by atoms with Crippen LogP contribution in [0, 0.1) is 11.8 Å². The van der Waals surface area contributed by atoms with Crippen molar-refractivity contribution >= 4 is 6.09 Å². The minimum Gasteiger partial charge on any atom is -0.444 e. The number of halogens is 6. The highest BCUT2D eigenvalue weighted by Gasteiger charge is 2.31. The predicted octanol–water partition coefficient (Wildman–Crippen LogP) is 8.87. The molecule has 4 rings (SSSR count). The van der Waals surface area contributed by atoms with Gasteiger partial charge >= 0.3 is 18.4 Å². The van der Waals surface area contributed by atoms with E-state index < -0.39 is 29.1 Å². The van der Waals surface area contributed by atoms with Crippen molar-refractivity contribution in [2.45, 2.75) is 90.5 Å². The van der Waals surface area contributed by atoms with Crippen LogP contribution in [0.5, 0.6) is 0 Å². The summed E-state index contributed by atoms with van der Waals surface area (Å²) < 4.78 is 91.3. The van der Waals surface area contributed by atoms with E-state index in [0.29, 0.717) is 51.4 Å². The van der Waals surface area contributed by atoms with E-state index in [1.807, 2.05) is 20.8 Å². The third-order valence-electron chi connectivity index (χ3n) is 8.17. The number of carbonyl (C=O) groups is 1. The fourth-order valence-corrected chi connectivity index (χ4v) is 5.36. The Kier molecular flexibility index (Phi) is 14.9. The van der Waals surface area contributed by atoms with Crippen LogP contribution in [0.2, 0.25) is 0 Å². The minimum atomic E-state index is -4.31. The number of benzene rings is 2. The summed E-state index contributed by atoms with van der Waals surface area (Å²) in [6.07, 6.45) is -2.76. The first kappa shape index (κ1) is 38.6. The molecule has 0 radical (unpaired) electrons. The van der Waals surface area contributed by atoms with Crippen molar-refractivity contribution in [3.8, 4) is 0 Å². The summed E-state index contributed by atoms with van der Waals surface area (Å²) in [6.45, 7) is 11.0. The van der Waals surface area contributed by atoms with Gasteiger partial charge in [0.15, 0.2) is 0 Å². The Hall–Kier alpha value is -2.83. The Balaban J connectivity index is 0.000000267. The highest BCUT2D eigenvalue weighted by molar-refractivity contribution is 5.68. The fraction of sp³-hybridized carbons (Fsp3) is 0.629. The molecular weight excluding hydrogens is 626 g/mol. The molecule has 12 heteroatoms. The summed E-state index contributed by atoms with van der Waals surface area (Å²) in [5.74, 6) is 1.19. The number of nitrogens with zero attached hydrogens (tertiary/aromatic N) is 1. The smallest absolute Gasteiger partial charge is 0.416 e. The van der Waals surface area contributed by atoms with Gasteiger partial charge in [-0.1, -0.05) is 24.3 Å². The minimum absolute atomic E-state index is 0.264. The number of carbonyl (C=O) groups excluding carboxylic acids is 1. The van der Waals surface area contributed by atoms with Crippen molar-refractivity contribution in [3.05, 3.63) is 70.8 Å². The summed E-state index contributed by atoms with van der Waals surface area (Å²) in [7, 11) is 0. The molecule has 2 aliphatic rings. The van der Waals surface area contributed by atoms with Crippen LogP contribution in [0.4, 0.5) is 31.1 Å². The van der Waals surface area contributed by atoms with Gasteiger partial charge in [0.05, 0.1) is 24.3 Å². The molecule has 2 aromatic carbocycles. The summed E-state index contributed by atoms with van der Waals surface area (Å²) in [5.41, 5.74) is -0.245. The van der Waals surface area contributed by atoms with Crippen LogP contribution in [0.25, 0.3) is 0 Å². The Labute approximate surface area is 274 Å². The van der Waals surface area contributed by atoms with E-state index in [9.17, 15) is 31.1 Å². The molecule has 47 heavy (non-hydrogen) atoms. The molecule has 0 spiro atoms. The SMILES string of the molecule is CC(C)(C)OC(=O)N1CCC(CCOCc2ccc(C(F)(F)F)cc2)CC1.FC(F)(F)c1ccc(COCCC2CCNCC2)cc1. The maximum absolute atomic E-state index is 12.5. The highest BCUT2D eigenvalue weighted by Crippen LogP contribution is 2.30. The average molecular weight is 675 g/mol. The lowest BCUT2D eigenvalue weighted by Gasteiger charge is -2.33. The van der Waals surface area contributed by atoms with Gasteiger partial charge in [-0.15, -0.1) is 0 Å². The normalized spacial score (nSPS) is 16.8. The van der Waals surface area contributed by atoms with Crippen LogP contribution in [-0.4, -0.2) is 56.0 Å². The van der Waals surface area contributed by atoms with Crippen LogP contribution in [-0.2, 0) is 39.8 Å². The first-order chi connectivity index (χ1) is 22.1. The number of nitrogens with one attached hydrogen (secondary N) is 1. The highest BCUT2D eigenvalue weighted by atomic mass is 19.4. The van der Waals surface area contributed by atoms with Gasteiger partial charge in [0.1, 0.15) is 5.60 Å². The number of alkyl halides is 6. The van der Waals surface area contributed by atoms with Gasteiger partial charge in [-0.05, 0) is 120 Å². The van der Waals surface area contributed by atoms with Crippen molar-refractivity contribution in [1.82, 2.24) is 10.2 Å². The number of hydrogen-bond donors (Lipinski definition) is 1. The van der Waals surface area contributed by atoms with Crippen LogP contribution < -0.4 is 5.32 Å². The number of hydrogen-bond acceptors (Lipinski definition) is 5. The van der Waals surface area contributed by atoms with E-state index >= 15 is 0 Å². The Bertz CT molecular complexity index is 1180. The molecule has 1 N–H and O–H groups in total. The van der Waals surface area contributed by atoms with E-state index in [1.54, 1.807) is 4.90 Å². The topological polar surface area (TPSA) is 60.0 Å². The van der Waals surface area contributed by atoms with Crippen molar-refractivity contribution in [2.24, 2.45) is 11.8 Å². The Morgan fingerprint density at radius 2 is 1.11 bits per heavy atom. The molecule has 2 aromatic rings. The summed E-state index contributed by atoms with van der Waals surface area (Å²) in [5, 5.41) is 3.32. The second-order valence-corrected chi connectivity index (χ2v) is 13.2. The van der Waals surface area contributed by atoms with Gasteiger partial charge in [-0.3, -0.25) is 0 Å². The number of rotatable bonds is 10. The lowest BCUT2D eigenvalue weighted by Crippen LogP contribution is -2.41. The summed E-state index contributed by atoms with van der Waals surface area (Å²) in [4.78, 5) is 13.8. The largest absolute Gasteiger partial charge is 0.444 e. The molecule has 2 fully saturated rings. The molecule has 264 valence electrons. The van der Waals surface area contributed by atoms with E-state index in [2.05, 4.69) is 5.32 Å². The van der Waals surface area contributed by atoms with E-state index in [0.717, 1.165) is 74.2 Å². The van der Waals surface area contributed by atoms with Crippen LogP contribution in [0.15, 0.2) is 48.5 Å². The van der Waals surface area contributed by atoms with Crippen LogP contribution in [0.3, 0.4) is 0 Å². The van der Waals surface area contributed by atoms with Crippen molar-refractivity contribution in [1.29, 1.82) is 0 Å². The average Bonchev–Trinajstić information content (AvgIpc) is 3.01. The van der Waals surface area contributed by atoms with Gasteiger partial charge in [-0.2, -0.15) is 26.3 Å². The lowest BCUT2D eigenvalue weighted by molar-refractivity contribution is -0.138. The standard InChI is InChI=1S/C20H28F3NO3.C15H20F3NO/c1-19(2,3)27-18(25)24-11-8-15(9-12-24)10-13-26-14-16-4-6-17(7-5-16)20(21,22)23;16-15(17,18)14-3-1-13(2-4-14)11-20-10-7-12-5-8-19-9-6-12/h4-7,15H,8-14H2,1-3H3;1-4,12,19H,5-11H2. The Morgan fingerprint density at radius 1 is 0.702 bits per heavy atom. The lowest BCUT2D eigenvalue weighted by atomic mass is 9.94. The molecule has 2 aliphatic heterocycles. The predicted molar refractivity (Wildman–Crippen MR) is 168 cm³/mol. The van der Waals surface area contributed by atoms with Crippen molar-refractivity contribution < 1.29 is 45.3 Å². The Morgan fingerprint density at radius 3 is 1.49 bits per heavy atom. The molecule has 0 bridgehead atoms. The first-order valence-corrected chi connectivity index (χ1v) is 16.3. The molecule has 1 amide bonds. The first-order valence-electron chi connectivity index (χ1n) is 16.3. The zero-order valence-corrected chi connectivity index (χ0v) is 27.5. The maximum Gasteiger partial charge on any atom is 0.416 e. The van der Waals surface area contributed by atoms with Gasteiger partial charge in [0, 0.05) is 26.3 Å². The van der Waals surface area contributed by atoms with E-state index in [4.69, 9.17) is 14.2 Å². The molecule has 6 nitrogen and oxygen atoms in total. The van der Waals surface area contributed by atoms with Gasteiger partial charge in [0.25, 0.3) is 0 Å². The quantitative estimate of drug-likeness (QED) is 0.202. The molecule has 0 saturated carbocycles. The van der Waals surface area contributed by atoms with Gasteiger partial charge < -0.3 is 24.4 Å². The fourth-order valence-electron chi connectivity index (χ4n) is 5.36. The molecule has 0 atom stereocenters. The van der Waals surface area contributed by atoms with E-state index in [1.165, 1.54) is 37.1 Å². The monoisotopic (exact) mass is 674 g/mol. The van der Waals surface area contributed by atoms with Crippen molar-refractivity contribution in [2.75, 3.05) is 39.4 Å². The van der Waals surface area contributed by atoms with Gasteiger partial charge in [-0.25, -0.2) is 4.79 Å². The number of piperidine rings is 2. The van der Waals surface area contributed by atoms with Crippen LogP contribution in [0.1, 0.15) is 81.5 Å². The number of likely N-dealkylation sites (tertiary alicyclic amines) is 1. The van der Waals surface area contributed by atoms with Gasteiger partial charge in [0.2, 0.25) is 0 Å². The summed E-state index contributed by atoms with van der Waals surface area (Å²) >= 11 is 0. The molecule has 2 saturated heterocycles. The zero-order valence-electron chi connectivity index (χ0n) is 27.5. The maximum atomic E-state index is 12.5. The van der Waals surface area contributed by atoms with Crippen molar-refractivity contribution in [3.63, 3.8) is 0 Å². The third-order valence-corrected chi connectivity index (χ3v) is 8.17. The second kappa shape index (κ2) is 18.1. The molecule has 2 heterocycles. The molecule has 0 unspecified atom stereocenters. The second-order valence-electron chi connectivity index (χ2n) is 13.2. The summed E-state index contributed by atoms with van der Waals surface area (Å²) in [6, 6.07) is 10.2. The molecular formula is C35H48F6N2O4. The third kappa shape index (κ3) is 14.9. The zero-order chi connectivity index (χ0) is 34.5.